The van der Waals surface area contributed by atoms with Crippen LogP contribution < -0.4 is 19.7 Å². The van der Waals surface area contributed by atoms with Crippen LogP contribution in [0.4, 0.5) is 10.2 Å². The van der Waals surface area contributed by atoms with Gasteiger partial charge in [-0.05, 0) is 55.3 Å². The third-order valence-corrected chi connectivity index (χ3v) is 8.48. The zero-order valence-electron chi connectivity index (χ0n) is 22.7. The number of ether oxygens (including phenoxy) is 2. The molecule has 4 aromatic rings. The summed E-state index contributed by atoms with van der Waals surface area (Å²) in [4.78, 5) is 28.5. The summed E-state index contributed by atoms with van der Waals surface area (Å²) in [6.45, 7) is 3.89. The lowest BCUT2D eigenvalue weighted by Crippen LogP contribution is -2.44. The Labute approximate surface area is 241 Å². The fourth-order valence-corrected chi connectivity index (χ4v) is 6.18. The van der Waals surface area contributed by atoms with Crippen LogP contribution in [0.25, 0.3) is 16.9 Å². The van der Waals surface area contributed by atoms with Gasteiger partial charge in [0.25, 0.3) is 0 Å². The summed E-state index contributed by atoms with van der Waals surface area (Å²) < 4.78 is 26.8. The smallest absolute Gasteiger partial charge is 0.240 e. The minimum absolute atomic E-state index is 0.0401. The molecule has 0 saturated carbocycles. The molecule has 0 radical (unpaired) electrons. The van der Waals surface area contributed by atoms with E-state index in [2.05, 4.69) is 5.32 Å². The highest BCUT2D eigenvalue weighted by molar-refractivity contribution is 8.00. The summed E-state index contributed by atoms with van der Waals surface area (Å²) in [6, 6.07) is 21.4. The molecule has 0 saturated heterocycles. The van der Waals surface area contributed by atoms with E-state index in [-0.39, 0.29) is 48.0 Å². The summed E-state index contributed by atoms with van der Waals surface area (Å²) in [5.41, 5.74) is 3.79. The van der Waals surface area contributed by atoms with E-state index in [9.17, 15) is 14.0 Å². The van der Waals surface area contributed by atoms with Crippen molar-refractivity contribution in [3.63, 3.8) is 0 Å². The standard InChI is InChI=1S/C31H29FN4O4S/c1-3-19(2)33-26(37)16-35-27(38)17-41-30(21-9-14-24-25(15-21)40-18-39-24)28-29(20-7-5-4-6-8-20)34-36(31(28)35)23-12-10-22(32)11-13-23/h4-15,19,30H,3,16-18H2,1-2H3,(H,33,37)/t19-,30+/m0/s1. The van der Waals surface area contributed by atoms with Crippen LogP contribution in [-0.2, 0) is 9.59 Å². The van der Waals surface area contributed by atoms with Crippen molar-refractivity contribution in [1.29, 1.82) is 0 Å². The number of hydrogen-bond donors (Lipinski definition) is 1. The van der Waals surface area contributed by atoms with Crippen LogP contribution >= 0.6 is 11.8 Å². The zero-order valence-corrected chi connectivity index (χ0v) is 23.5. The van der Waals surface area contributed by atoms with Gasteiger partial charge in [0, 0.05) is 17.2 Å². The SMILES string of the molecule is CC[C@H](C)NC(=O)CN1C(=O)CS[C@H](c2ccc3c(c2)OCO3)c2c(-c3ccccc3)nn(-c3ccc(F)cc3)c21. The van der Waals surface area contributed by atoms with Crippen LogP contribution in [0.1, 0.15) is 36.6 Å². The first kappa shape index (κ1) is 26.9. The number of nitrogens with one attached hydrogen (secondary N) is 1. The van der Waals surface area contributed by atoms with E-state index in [1.54, 1.807) is 16.8 Å². The van der Waals surface area contributed by atoms with Crippen molar-refractivity contribution in [2.24, 2.45) is 0 Å². The first-order chi connectivity index (χ1) is 19.9. The summed E-state index contributed by atoms with van der Waals surface area (Å²) in [6.07, 6.45) is 0.763. The molecular weight excluding hydrogens is 543 g/mol. The van der Waals surface area contributed by atoms with Gasteiger partial charge in [-0.3, -0.25) is 14.5 Å². The number of nitrogens with zero attached hydrogens (tertiary/aromatic N) is 3. The summed E-state index contributed by atoms with van der Waals surface area (Å²) in [5.74, 6) is 1.05. The second-order valence-corrected chi connectivity index (χ2v) is 11.1. The number of rotatable bonds is 7. The van der Waals surface area contributed by atoms with Gasteiger partial charge < -0.3 is 14.8 Å². The van der Waals surface area contributed by atoms with Crippen LogP contribution in [0.5, 0.6) is 11.5 Å². The van der Waals surface area contributed by atoms with Crippen molar-refractivity contribution < 1.29 is 23.5 Å². The molecule has 0 aliphatic carbocycles. The van der Waals surface area contributed by atoms with Crippen molar-refractivity contribution in [2.45, 2.75) is 31.6 Å². The van der Waals surface area contributed by atoms with Gasteiger partial charge in [-0.2, -0.15) is 5.10 Å². The van der Waals surface area contributed by atoms with Crippen LogP contribution in [0.2, 0.25) is 0 Å². The molecule has 2 aliphatic heterocycles. The number of benzene rings is 3. The van der Waals surface area contributed by atoms with E-state index < -0.39 is 0 Å². The number of anilines is 1. The Morgan fingerprint density at radius 2 is 1.85 bits per heavy atom. The van der Waals surface area contributed by atoms with Crippen molar-refractivity contribution in [2.75, 3.05) is 24.0 Å². The monoisotopic (exact) mass is 572 g/mol. The Hall–Kier alpha value is -4.31. The number of aromatic nitrogens is 2. The second kappa shape index (κ2) is 11.3. The van der Waals surface area contributed by atoms with Gasteiger partial charge in [0.15, 0.2) is 11.5 Å². The molecule has 0 fully saturated rings. The topological polar surface area (TPSA) is 85.7 Å². The van der Waals surface area contributed by atoms with Crippen molar-refractivity contribution in [1.82, 2.24) is 15.1 Å². The molecule has 3 heterocycles. The number of thioether (sulfide) groups is 1. The quantitative estimate of drug-likeness (QED) is 0.315. The second-order valence-electron chi connectivity index (χ2n) is 10.0. The highest BCUT2D eigenvalue weighted by Gasteiger charge is 2.38. The molecule has 2 amide bonds. The lowest BCUT2D eigenvalue weighted by Gasteiger charge is -2.24. The summed E-state index contributed by atoms with van der Waals surface area (Å²) in [7, 11) is 0. The number of carbonyl (C=O) groups is 2. The third-order valence-electron chi connectivity index (χ3n) is 7.23. The Balaban J connectivity index is 1.58. The van der Waals surface area contributed by atoms with Crippen LogP contribution in [0.3, 0.4) is 0 Å². The van der Waals surface area contributed by atoms with Crippen molar-refractivity contribution >= 4 is 29.4 Å². The largest absolute Gasteiger partial charge is 0.454 e. The predicted octanol–water partition coefficient (Wildman–Crippen LogP) is 5.49. The van der Waals surface area contributed by atoms with E-state index in [1.165, 1.54) is 28.8 Å². The Bertz CT molecular complexity index is 1590. The number of hydrogen-bond acceptors (Lipinski definition) is 6. The van der Waals surface area contributed by atoms with Crippen LogP contribution in [0, 0.1) is 5.82 Å². The van der Waals surface area contributed by atoms with E-state index in [0.29, 0.717) is 28.7 Å². The molecule has 2 atom stereocenters. The third kappa shape index (κ3) is 5.27. The van der Waals surface area contributed by atoms with Crippen LogP contribution in [0.15, 0.2) is 72.8 Å². The molecule has 10 heteroatoms. The summed E-state index contributed by atoms with van der Waals surface area (Å²) >= 11 is 1.47. The molecule has 2 aliphatic rings. The maximum absolute atomic E-state index is 14.0. The van der Waals surface area contributed by atoms with Gasteiger partial charge in [-0.15, -0.1) is 11.8 Å². The first-order valence-corrected chi connectivity index (χ1v) is 14.5. The van der Waals surface area contributed by atoms with E-state index >= 15 is 0 Å². The number of carbonyl (C=O) groups excluding carboxylic acids is 2. The van der Waals surface area contributed by atoms with E-state index in [1.807, 2.05) is 62.4 Å². The highest BCUT2D eigenvalue weighted by Crippen LogP contribution is 2.50. The number of amides is 2. The molecule has 6 rings (SSSR count). The van der Waals surface area contributed by atoms with Gasteiger partial charge in [-0.1, -0.05) is 43.3 Å². The van der Waals surface area contributed by atoms with Gasteiger partial charge in [0.2, 0.25) is 18.6 Å². The average Bonchev–Trinajstić information content (AvgIpc) is 3.58. The molecule has 210 valence electrons. The Morgan fingerprint density at radius 1 is 1.10 bits per heavy atom. The molecule has 41 heavy (non-hydrogen) atoms. The lowest BCUT2D eigenvalue weighted by molar-refractivity contribution is -0.123. The number of halogens is 1. The molecule has 8 nitrogen and oxygen atoms in total. The summed E-state index contributed by atoms with van der Waals surface area (Å²) in [5, 5.41) is 7.67. The van der Waals surface area contributed by atoms with Gasteiger partial charge >= 0.3 is 0 Å². The molecule has 0 unspecified atom stereocenters. The first-order valence-electron chi connectivity index (χ1n) is 13.5. The molecule has 1 aromatic heterocycles. The Morgan fingerprint density at radius 3 is 2.61 bits per heavy atom. The van der Waals surface area contributed by atoms with Crippen molar-refractivity contribution in [3.8, 4) is 28.4 Å². The maximum Gasteiger partial charge on any atom is 0.240 e. The van der Waals surface area contributed by atoms with Gasteiger partial charge in [0.05, 0.1) is 22.4 Å². The predicted molar refractivity (Wildman–Crippen MR) is 156 cm³/mol. The lowest BCUT2D eigenvalue weighted by atomic mass is 9.99. The fraction of sp³-hybridized carbons (Fsp3) is 0.258. The molecular formula is C31H29FN4O4S. The van der Waals surface area contributed by atoms with Gasteiger partial charge in [0.1, 0.15) is 18.2 Å². The Kier molecular flexibility index (Phi) is 7.40. The van der Waals surface area contributed by atoms with Crippen LogP contribution in [-0.4, -0.2) is 46.7 Å². The zero-order chi connectivity index (χ0) is 28.5. The number of fused-ring (bicyclic) bond motifs is 2. The highest BCUT2D eigenvalue weighted by atomic mass is 32.2. The maximum atomic E-state index is 14.0. The van der Waals surface area contributed by atoms with E-state index in [0.717, 1.165) is 23.1 Å². The van der Waals surface area contributed by atoms with Gasteiger partial charge in [-0.25, -0.2) is 9.07 Å². The normalized spacial score (nSPS) is 16.7. The minimum atomic E-state index is -0.384. The fourth-order valence-electron chi connectivity index (χ4n) is 5.00. The minimum Gasteiger partial charge on any atom is -0.454 e. The molecule has 3 aromatic carbocycles. The molecule has 0 spiro atoms. The van der Waals surface area contributed by atoms with Crippen molar-refractivity contribution in [3.05, 3.63) is 89.7 Å². The van der Waals surface area contributed by atoms with E-state index in [4.69, 9.17) is 14.6 Å². The molecule has 1 N–H and O–H groups in total. The molecule has 0 bridgehead atoms. The average molecular weight is 573 g/mol.